The highest BCUT2D eigenvalue weighted by Crippen LogP contribution is 2.07. The molecule has 4 N–H and O–H groups in total. The van der Waals surface area contributed by atoms with Crippen LogP contribution < -0.4 is 6.15 Å². The van der Waals surface area contributed by atoms with E-state index in [1.54, 1.807) is 0 Å². The van der Waals surface area contributed by atoms with Crippen LogP contribution in [0.15, 0.2) is 12.4 Å². The van der Waals surface area contributed by atoms with Crippen LogP contribution >= 0.6 is 0 Å². The number of unbranched alkanes of at least 4 members (excludes halogenated alkanes) is 3. The first-order valence-electron chi connectivity index (χ1n) is 5.83. The minimum Gasteiger partial charge on any atom is -0.418 e. The fraction of sp³-hybridized carbons (Fsp3) is 0.800. The molecule has 0 aliphatic carbocycles. The Kier molecular flexibility index (Phi) is 10.8. The topological polar surface area (TPSA) is 43.0 Å². The lowest BCUT2D eigenvalue weighted by molar-refractivity contribution is 0.291. The van der Waals surface area contributed by atoms with E-state index >= 15 is 0 Å². The Morgan fingerprint density at radius 3 is 2.00 bits per heavy atom. The molecule has 0 bridgehead atoms. The lowest BCUT2D eigenvalue weighted by Gasteiger charge is -2.17. The third-order valence-electron chi connectivity index (χ3n) is 2.24. The van der Waals surface area contributed by atoms with Gasteiger partial charge in [0.25, 0.3) is 0 Å². The summed E-state index contributed by atoms with van der Waals surface area (Å²) in [5, 5.41) is 0. The summed E-state index contributed by atoms with van der Waals surface area (Å²) in [4.78, 5) is 4.58. The van der Waals surface area contributed by atoms with Crippen molar-refractivity contribution in [3.8, 4) is 0 Å². The van der Waals surface area contributed by atoms with Crippen molar-refractivity contribution >= 4 is 7.25 Å². The highest BCUT2D eigenvalue weighted by molar-refractivity contribution is 6.50. The fourth-order valence-corrected chi connectivity index (χ4v) is 1.48. The number of halogens is 4. The minimum absolute atomic E-state index is 0. The molecule has 1 aliphatic heterocycles. The van der Waals surface area contributed by atoms with E-state index in [0.29, 0.717) is 0 Å². The summed E-state index contributed by atoms with van der Waals surface area (Å²) < 4.78 is 39.0. The predicted molar refractivity (Wildman–Crippen MR) is 68.8 cm³/mol. The summed E-state index contributed by atoms with van der Waals surface area (Å²) in [5.41, 5.74) is 0. The van der Waals surface area contributed by atoms with Crippen molar-refractivity contribution < 1.29 is 17.3 Å². The summed E-state index contributed by atoms with van der Waals surface area (Å²) in [6, 6.07) is 0. The van der Waals surface area contributed by atoms with E-state index in [4.69, 9.17) is 0 Å². The van der Waals surface area contributed by atoms with Crippen LogP contribution in [0.4, 0.5) is 17.3 Å². The predicted octanol–water partition coefficient (Wildman–Crippen LogP) is 3.92. The fourth-order valence-electron chi connectivity index (χ4n) is 1.48. The van der Waals surface area contributed by atoms with Crippen molar-refractivity contribution in [2.24, 2.45) is 0 Å². The molecule has 0 aromatic heterocycles. The maximum atomic E-state index is 9.75. The van der Waals surface area contributed by atoms with Crippen LogP contribution in [0.1, 0.15) is 32.6 Å². The molecular formula is C10H24BF4N3. The molecule has 0 aromatic carbocycles. The van der Waals surface area contributed by atoms with Gasteiger partial charge in [-0.15, -0.1) is 0 Å². The Morgan fingerprint density at radius 1 is 1.06 bits per heavy atom. The van der Waals surface area contributed by atoms with E-state index in [-0.39, 0.29) is 6.15 Å². The molecule has 110 valence electrons. The first kappa shape index (κ1) is 19.4. The monoisotopic (exact) mass is 273 g/mol. The summed E-state index contributed by atoms with van der Waals surface area (Å²) in [6.07, 6.45) is 9.76. The van der Waals surface area contributed by atoms with Gasteiger partial charge in [0, 0.05) is 26.0 Å². The summed E-state index contributed by atoms with van der Waals surface area (Å²) in [5.74, 6) is 0. The molecule has 0 spiro atoms. The van der Waals surface area contributed by atoms with Gasteiger partial charge >= 0.3 is 7.25 Å². The van der Waals surface area contributed by atoms with E-state index in [2.05, 4.69) is 36.2 Å². The normalized spacial score (nSPS) is 14.1. The van der Waals surface area contributed by atoms with Gasteiger partial charge in [-0.05, 0) is 6.42 Å². The van der Waals surface area contributed by atoms with Crippen molar-refractivity contribution in [3.05, 3.63) is 12.4 Å². The number of nitrogens with zero attached hydrogens (tertiary/aromatic N) is 2. The molecule has 0 saturated carbocycles. The number of hydrogen-bond donors (Lipinski definition) is 1. The average molecular weight is 273 g/mol. The van der Waals surface area contributed by atoms with Gasteiger partial charge in [0.2, 0.25) is 0 Å². The zero-order valence-corrected chi connectivity index (χ0v) is 11.4. The van der Waals surface area contributed by atoms with Crippen molar-refractivity contribution in [1.29, 1.82) is 0 Å². The molecule has 0 aromatic rings. The van der Waals surface area contributed by atoms with Gasteiger partial charge < -0.3 is 33.2 Å². The molecule has 1 rings (SSSR count). The maximum Gasteiger partial charge on any atom is 0.673 e. The molecule has 0 saturated heterocycles. The molecule has 8 heteroatoms. The molecule has 0 fully saturated rings. The molecule has 0 radical (unpaired) electrons. The van der Waals surface area contributed by atoms with Crippen LogP contribution in [0, 0.1) is 0 Å². The standard InChI is InChI=1S/C10H20N2.BF4.H3N/c1-3-4-5-6-7-12-9-8-11(2)10-12;2-1(3,4)5;/h8-9H,3-7,10H2,1-2H3;;1H3/q;-1;/p+1. The summed E-state index contributed by atoms with van der Waals surface area (Å²) >= 11 is 0. The third-order valence-corrected chi connectivity index (χ3v) is 2.24. The van der Waals surface area contributed by atoms with Crippen LogP contribution in [0.2, 0.25) is 0 Å². The van der Waals surface area contributed by atoms with Crippen LogP contribution in [-0.2, 0) is 0 Å². The van der Waals surface area contributed by atoms with Gasteiger partial charge in [0.05, 0.1) is 6.67 Å². The SMILES string of the molecule is CCCCCCN1C=CN(C)C1.F[B-](F)(F)F.[NH4+]. The Bertz CT molecular complexity index is 218. The number of rotatable bonds is 5. The minimum atomic E-state index is -6.00. The van der Waals surface area contributed by atoms with Crippen LogP contribution in [0.3, 0.4) is 0 Å². The Balaban J connectivity index is 0. The lowest BCUT2D eigenvalue weighted by Crippen LogP contribution is -2.23. The van der Waals surface area contributed by atoms with E-state index in [1.807, 2.05) is 0 Å². The largest absolute Gasteiger partial charge is 0.673 e. The average Bonchev–Trinajstić information content (AvgIpc) is 2.56. The maximum absolute atomic E-state index is 9.75. The second-order valence-corrected chi connectivity index (χ2v) is 4.06. The van der Waals surface area contributed by atoms with Crippen molar-refractivity contribution in [1.82, 2.24) is 16.0 Å². The number of quaternary nitrogens is 1. The van der Waals surface area contributed by atoms with Gasteiger partial charge in [-0.3, -0.25) is 0 Å². The van der Waals surface area contributed by atoms with Crippen LogP contribution in [0.25, 0.3) is 0 Å². The second-order valence-electron chi connectivity index (χ2n) is 4.06. The molecule has 1 heterocycles. The van der Waals surface area contributed by atoms with Crippen LogP contribution in [0.5, 0.6) is 0 Å². The zero-order valence-electron chi connectivity index (χ0n) is 11.4. The highest BCUT2D eigenvalue weighted by Gasteiger charge is 2.20. The Labute approximate surface area is 107 Å². The van der Waals surface area contributed by atoms with E-state index in [0.717, 1.165) is 6.67 Å². The molecular weight excluding hydrogens is 249 g/mol. The first-order valence-corrected chi connectivity index (χ1v) is 5.83. The molecule has 1 aliphatic rings. The van der Waals surface area contributed by atoms with Gasteiger partial charge in [-0.1, -0.05) is 26.2 Å². The van der Waals surface area contributed by atoms with Gasteiger partial charge in [-0.25, -0.2) is 0 Å². The Morgan fingerprint density at radius 2 is 1.61 bits per heavy atom. The zero-order chi connectivity index (χ0) is 13.3. The third kappa shape index (κ3) is 15.1. The van der Waals surface area contributed by atoms with E-state index < -0.39 is 7.25 Å². The van der Waals surface area contributed by atoms with Gasteiger partial charge in [0.15, 0.2) is 0 Å². The van der Waals surface area contributed by atoms with Crippen molar-refractivity contribution in [2.45, 2.75) is 32.6 Å². The first-order chi connectivity index (χ1) is 7.83. The van der Waals surface area contributed by atoms with E-state index in [1.165, 1.54) is 32.2 Å². The summed E-state index contributed by atoms with van der Waals surface area (Å²) in [7, 11) is -3.89. The number of hydrogen-bond acceptors (Lipinski definition) is 2. The molecule has 0 amide bonds. The lowest BCUT2D eigenvalue weighted by atomic mass is 10.2. The van der Waals surface area contributed by atoms with Gasteiger partial charge in [0.1, 0.15) is 0 Å². The smallest absolute Gasteiger partial charge is 0.418 e. The van der Waals surface area contributed by atoms with Crippen molar-refractivity contribution in [2.75, 3.05) is 20.3 Å². The highest BCUT2D eigenvalue weighted by atomic mass is 19.5. The van der Waals surface area contributed by atoms with Gasteiger partial charge in [-0.2, -0.15) is 0 Å². The molecule has 0 unspecified atom stereocenters. The molecule has 18 heavy (non-hydrogen) atoms. The van der Waals surface area contributed by atoms with Crippen molar-refractivity contribution in [3.63, 3.8) is 0 Å². The Hall–Kier alpha value is -0.915. The van der Waals surface area contributed by atoms with Crippen LogP contribution in [-0.4, -0.2) is 37.3 Å². The second kappa shape index (κ2) is 10.0. The van der Waals surface area contributed by atoms with E-state index in [9.17, 15) is 17.3 Å². The molecule has 3 nitrogen and oxygen atoms in total. The molecule has 0 atom stereocenters. The quantitative estimate of drug-likeness (QED) is 0.468. The summed E-state index contributed by atoms with van der Waals surface area (Å²) in [6.45, 7) is 4.55.